The second-order valence-corrected chi connectivity index (χ2v) is 4.75. The quantitative estimate of drug-likeness (QED) is 0.860. The Morgan fingerprint density at radius 2 is 1.76 bits per heavy atom. The van der Waals surface area contributed by atoms with E-state index in [0.29, 0.717) is 18.0 Å². The van der Waals surface area contributed by atoms with Gasteiger partial charge >= 0.3 is 0 Å². The van der Waals surface area contributed by atoms with Gasteiger partial charge in [-0.3, -0.25) is 0 Å². The molecule has 21 heavy (non-hydrogen) atoms. The van der Waals surface area contributed by atoms with Crippen LogP contribution in [0.2, 0.25) is 0 Å². The third-order valence-electron chi connectivity index (χ3n) is 3.29. The number of nitrogen functional groups attached to an aromatic ring is 1. The number of hydrogen-bond donors (Lipinski definition) is 1. The van der Waals surface area contributed by atoms with E-state index in [4.69, 9.17) is 15.2 Å². The normalized spacial score (nSPS) is 10.3. The molecule has 2 N–H and O–H groups in total. The first kappa shape index (κ1) is 15.0. The molecule has 112 valence electrons. The summed E-state index contributed by atoms with van der Waals surface area (Å²) in [6.45, 7) is 0.563. The molecule has 0 aliphatic rings. The van der Waals surface area contributed by atoms with Gasteiger partial charge in [0.15, 0.2) is 0 Å². The van der Waals surface area contributed by atoms with Crippen LogP contribution in [0.15, 0.2) is 36.4 Å². The summed E-state index contributed by atoms with van der Waals surface area (Å²) >= 11 is 0. The molecule has 0 fully saturated rings. The fourth-order valence-corrected chi connectivity index (χ4v) is 2.12. The molecular formula is C16H19FN2O2. The van der Waals surface area contributed by atoms with Crippen molar-refractivity contribution in [3.05, 3.63) is 47.8 Å². The lowest BCUT2D eigenvalue weighted by Crippen LogP contribution is -2.18. The van der Waals surface area contributed by atoms with E-state index in [1.54, 1.807) is 18.1 Å². The first-order valence-corrected chi connectivity index (χ1v) is 6.52. The van der Waals surface area contributed by atoms with E-state index >= 15 is 0 Å². The Kier molecular flexibility index (Phi) is 4.52. The van der Waals surface area contributed by atoms with Gasteiger partial charge in [0.1, 0.15) is 17.3 Å². The molecule has 2 aromatic carbocycles. The van der Waals surface area contributed by atoms with Gasteiger partial charge in [-0.25, -0.2) is 4.39 Å². The van der Waals surface area contributed by atoms with Crippen molar-refractivity contribution in [3.8, 4) is 11.5 Å². The summed E-state index contributed by atoms with van der Waals surface area (Å²) in [6.07, 6.45) is 0. The van der Waals surface area contributed by atoms with Gasteiger partial charge < -0.3 is 20.1 Å². The molecule has 0 aliphatic heterocycles. The summed E-state index contributed by atoms with van der Waals surface area (Å²) in [5.41, 5.74) is 7.47. The van der Waals surface area contributed by atoms with Gasteiger partial charge in [-0.1, -0.05) is 12.1 Å². The van der Waals surface area contributed by atoms with E-state index in [2.05, 4.69) is 0 Å². The first-order chi connectivity index (χ1) is 10.0. The summed E-state index contributed by atoms with van der Waals surface area (Å²) in [4.78, 5) is 1.80. The number of halogens is 1. The van der Waals surface area contributed by atoms with Crippen LogP contribution >= 0.6 is 0 Å². The summed E-state index contributed by atoms with van der Waals surface area (Å²) in [5, 5.41) is 0. The maximum atomic E-state index is 14.0. The summed E-state index contributed by atoms with van der Waals surface area (Å²) in [7, 11) is 4.95. The molecule has 0 radical (unpaired) electrons. The maximum absolute atomic E-state index is 14.0. The van der Waals surface area contributed by atoms with E-state index in [-0.39, 0.29) is 11.5 Å². The summed E-state index contributed by atoms with van der Waals surface area (Å²) in [6, 6.07) is 10.5. The number of methoxy groups -OCH3 is 2. The molecule has 0 heterocycles. The number of rotatable bonds is 5. The number of nitrogens with zero attached hydrogens (tertiary/aromatic N) is 1. The van der Waals surface area contributed by atoms with Crippen molar-refractivity contribution in [1.82, 2.24) is 0 Å². The monoisotopic (exact) mass is 290 g/mol. The molecule has 0 amide bonds. The number of nitrogens with two attached hydrogens (primary N) is 1. The van der Waals surface area contributed by atoms with Crippen LogP contribution in [-0.2, 0) is 6.54 Å². The third-order valence-corrected chi connectivity index (χ3v) is 3.29. The van der Waals surface area contributed by atoms with Gasteiger partial charge in [0.05, 0.1) is 25.6 Å². The lowest BCUT2D eigenvalue weighted by molar-refractivity contribution is 0.414. The Morgan fingerprint density at radius 3 is 2.33 bits per heavy atom. The first-order valence-electron chi connectivity index (χ1n) is 6.52. The van der Waals surface area contributed by atoms with Gasteiger partial charge in [-0.15, -0.1) is 0 Å². The molecule has 5 heteroatoms. The Balaban J connectivity index is 2.21. The van der Waals surface area contributed by atoms with Crippen molar-refractivity contribution >= 4 is 11.4 Å². The van der Waals surface area contributed by atoms with E-state index < -0.39 is 0 Å². The third kappa shape index (κ3) is 3.37. The van der Waals surface area contributed by atoms with Crippen molar-refractivity contribution in [3.63, 3.8) is 0 Å². The number of hydrogen-bond acceptors (Lipinski definition) is 4. The van der Waals surface area contributed by atoms with E-state index in [1.807, 2.05) is 31.3 Å². The topological polar surface area (TPSA) is 47.7 Å². The molecule has 0 aromatic heterocycles. The van der Waals surface area contributed by atoms with E-state index in [1.165, 1.54) is 13.2 Å². The molecule has 0 spiro atoms. The van der Waals surface area contributed by atoms with Crippen molar-refractivity contribution < 1.29 is 13.9 Å². The predicted octanol–water partition coefficient (Wildman–Crippen LogP) is 3.06. The zero-order valence-corrected chi connectivity index (χ0v) is 12.4. The molecular weight excluding hydrogens is 271 g/mol. The van der Waals surface area contributed by atoms with Gasteiger partial charge in [0.25, 0.3) is 0 Å². The van der Waals surface area contributed by atoms with Crippen LogP contribution in [0.25, 0.3) is 0 Å². The highest BCUT2D eigenvalue weighted by Crippen LogP contribution is 2.30. The Bertz CT molecular complexity index is 614. The lowest BCUT2D eigenvalue weighted by atomic mass is 10.2. The highest BCUT2D eigenvalue weighted by molar-refractivity contribution is 5.63. The highest BCUT2D eigenvalue weighted by atomic mass is 19.1. The van der Waals surface area contributed by atoms with E-state index in [0.717, 1.165) is 11.3 Å². The van der Waals surface area contributed by atoms with Gasteiger partial charge in [0, 0.05) is 25.7 Å². The van der Waals surface area contributed by atoms with E-state index in [9.17, 15) is 4.39 Å². The molecule has 0 bridgehead atoms. The van der Waals surface area contributed by atoms with Crippen LogP contribution in [0, 0.1) is 5.82 Å². The van der Waals surface area contributed by atoms with Crippen molar-refractivity contribution in [2.24, 2.45) is 0 Å². The second-order valence-electron chi connectivity index (χ2n) is 4.75. The summed E-state index contributed by atoms with van der Waals surface area (Å²) < 4.78 is 24.3. The minimum atomic E-state index is -0.371. The minimum absolute atomic E-state index is 0.289. The Morgan fingerprint density at radius 1 is 1.10 bits per heavy atom. The van der Waals surface area contributed by atoms with Crippen molar-refractivity contribution in [1.29, 1.82) is 0 Å². The highest BCUT2D eigenvalue weighted by Gasteiger charge is 2.12. The molecule has 0 aliphatic carbocycles. The zero-order valence-electron chi connectivity index (χ0n) is 12.4. The maximum Gasteiger partial charge on any atom is 0.148 e. The predicted molar refractivity (Wildman–Crippen MR) is 82.5 cm³/mol. The van der Waals surface area contributed by atoms with Crippen LogP contribution < -0.4 is 20.1 Å². The number of benzene rings is 2. The SMILES string of the molecule is COc1ccc(CN(C)c2cc(OC)c(N)cc2F)cc1. The molecule has 0 unspecified atom stereocenters. The number of anilines is 2. The van der Waals surface area contributed by atoms with Gasteiger partial charge in [-0.05, 0) is 17.7 Å². The molecule has 2 aromatic rings. The average Bonchev–Trinajstić information content (AvgIpc) is 2.48. The summed E-state index contributed by atoms with van der Waals surface area (Å²) in [5.74, 6) is 0.888. The van der Waals surface area contributed by atoms with Gasteiger partial charge in [0.2, 0.25) is 0 Å². The van der Waals surface area contributed by atoms with Crippen LogP contribution in [0.3, 0.4) is 0 Å². The largest absolute Gasteiger partial charge is 0.497 e. The smallest absolute Gasteiger partial charge is 0.148 e. The van der Waals surface area contributed by atoms with Crippen LogP contribution in [0.4, 0.5) is 15.8 Å². The minimum Gasteiger partial charge on any atom is -0.497 e. The molecule has 0 saturated carbocycles. The standard InChI is InChI=1S/C16H19FN2O2/c1-19(10-11-4-6-12(20-2)7-5-11)15-9-16(21-3)14(18)8-13(15)17/h4-9H,10,18H2,1-3H3. The molecule has 4 nitrogen and oxygen atoms in total. The van der Waals surface area contributed by atoms with Crippen LogP contribution in [0.1, 0.15) is 5.56 Å². The second kappa shape index (κ2) is 6.35. The fraction of sp³-hybridized carbons (Fsp3) is 0.250. The van der Waals surface area contributed by atoms with Gasteiger partial charge in [-0.2, -0.15) is 0 Å². The molecule has 0 atom stereocenters. The zero-order chi connectivity index (χ0) is 15.4. The molecule has 2 rings (SSSR count). The average molecular weight is 290 g/mol. The Labute approximate surface area is 123 Å². The number of ether oxygens (including phenoxy) is 2. The van der Waals surface area contributed by atoms with Crippen LogP contribution in [0.5, 0.6) is 11.5 Å². The van der Waals surface area contributed by atoms with Crippen LogP contribution in [-0.4, -0.2) is 21.3 Å². The molecule has 0 saturated heterocycles. The van der Waals surface area contributed by atoms with Crippen molar-refractivity contribution in [2.45, 2.75) is 6.54 Å². The Hall–Kier alpha value is -2.43. The fourth-order valence-electron chi connectivity index (χ4n) is 2.12. The van der Waals surface area contributed by atoms with Crippen molar-refractivity contribution in [2.75, 3.05) is 31.9 Å². The lowest BCUT2D eigenvalue weighted by Gasteiger charge is -2.21.